The molecule has 2 aromatic rings. The Kier molecular flexibility index (Phi) is 7.66. The standard InChI is InChI=1S/C22H23N3O5S/c1-31-18-10-6-16(7-11-18)24-19(26)14-30-21(28)13-23-22(29)15-4-8-17(9-5-15)25-12-2-3-20(25)27/h4-11H,2-3,12-14H2,1H3,(H,23,29)(H,24,26). The van der Waals surface area contributed by atoms with Crippen LogP contribution in [0.3, 0.4) is 0 Å². The zero-order chi connectivity index (χ0) is 22.2. The maximum Gasteiger partial charge on any atom is 0.325 e. The summed E-state index contributed by atoms with van der Waals surface area (Å²) in [6.45, 7) is -0.134. The molecule has 0 aromatic heterocycles. The molecule has 0 atom stereocenters. The molecular weight excluding hydrogens is 418 g/mol. The van der Waals surface area contributed by atoms with Gasteiger partial charge in [-0.2, -0.15) is 0 Å². The summed E-state index contributed by atoms with van der Waals surface area (Å²) in [5.74, 6) is -1.57. The number of hydrogen-bond donors (Lipinski definition) is 2. The van der Waals surface area contributed by atoms with Crippen LogP contribution in [-0.4, -0.2) is 49.6 Å². The second-order valence-electron chi connectivity index (χ2n) is 6.82. The Morgan fingerprint density at radius 2 is 1.77 bits per heavy atom. The van der Waals surface area contributed by atoms with Crippen molar-refractivity contribution in [1.29, 1.82) is 0 Å². The first-order chi connectivity index (χ1) is 15.0. The second-order valence-corrected chi connectivity index (χ2v) is 7.70. The quantitative estimate of drug-likeness (QED) is 0.482. The summed E-state index contributed by atoms with van der Waals surface area (Å²) in [7, 11) is 0. The Bertz CT molecular complexity index is 960. The maximum atomic E-state index is 12.2. The Morgan fingerprint density at radius 1 is 1.06 bits per heavy atom. The van der Waals surface area contributed by atoms with Crippen molar-refractivity contribution in [3.8, 4) is 0 Å². The van der Waals surface area contributed by atoms with E-state index in [0.717, 1.165) is 17.0 Å². The number of hydrogen-bond acceptors (Lipinski definition) is 6. The molecule has 1 fully saturated rings. The topological polar surface area (TPSA) is 105 Å². The van der Waals surface area contributed by atoms with Crippen molar-refractivity contribution < 1.29 is 23.9 Å². The van der Waals surface area contributed by atoms with Gasteiger partial charge in [-0.3, -0.25) is 19.2 Å². The van der Waals surface area contributed by atoms with Crippen molar-refractivity contribution in [2.45, 2.75) is 17.7 Å². The fourth-order valence-corrected chi connectivity index (χ4v) is 3.45. The fraction of sp³-hybridized carbons (Fsp3) is 0.273. The molecule has 0 spiro atoms. The lowest BCUT2D eigenvalue weighted by molar-refractivity contribution is -0.146. The maximum absolute atomic E-state index is 12.2. The van der Waals surface area contributed by atoms with Crippen molar-refractivity contribution >= 4 is 46.8 Å². The molecule has 31 heavy (non-hydrogen) atoms. The summed E-state index contributed by atoms with van der Waals surface area (Å²) >= 11 is 1.59. The third-order valence-corrected chi connectivity index (χ3v) is 5.39. The van der Waals surface area contributed by atoms with E-state index in [0.29, 0.717) is 24.2 Å². The van der Waals surface area contributed by atoms with E-state index in [1.165, 1.54) is 0 Å². The van der Waals surface area contributed by atoms with Crippen LogP contribution in [0.5, 0.6) is 0 Å². The SMILES string of the molecule is CSc1ccc(NC(=O)COC(=O)CNC(=O)c2ccc(N3CCCC3=O)cc2)cc1. The first-order valence-electron chi connectivity index (χ1n) is 9.74. The van der Waals surface area contributed by atoms with Crippen LogP contribution in [-0.2, 0) is 19.1 Å². The van der Waals surface area contributed by atoms with Gasteiger partial charge in [-0.1, -0.05) is 0 Å². The highest BCUT2D eigenvalue weighted by Gasteiger charge is 2.21. The molecular formula is C22H23N3O5S. The number of thioether (sulfide) groups is 1. The number of carbonyl (C=O) groups excluding carboxylic acids is 4. The smallest absolute Gasteiger partial charge is 0.325 e. The summed E-state index contributed by atoms with van der Waals surface area (Å²) in [6, 6.07) is 13.9. The first kappa shape index (κ1) is 22.4. The first-order valence-corrected chi connectivity index (χ1v) is 11.0. The van der Waals surface area contributed by atoms with Gasteiger partial charge in [0, 0.05) is 34.8 Å². The molecule has 0 bridgehead atoms. The van der Waals surface area contributed by atoms with Crippen LogP contribution in [0.2, 0.25) is 0 Å². The zero-order valence-electron chi connectivity index (χ0n) is 17.1. The lowest BCUT2D eigenvalue weighted by atomic mass is 10.2. The van der Waals surface area contributed by atoms with Crippen LogP contribution < -0.4 is 15.5 Å². The van der Waals surface area contributed by atoms with E-state index in [1.807, 2.05) is 18.4 Å². The van der Waals surface area contributed by atoms with E-state index >= 15 is 0 Å². The van der Waals surface area contributed by atoms with Gasteiger partial charge in [-0.25, -0.2) is 0 Å². The van der Waals surface area contributed by atoms with Crippen molar-refractivity contribution in [2.24, 2.45) is 0 Å². The third kappa shape index (κ3) is 6.32. The number of amides is 3. The Hall–Kier alpha value is -3.33. The molecule has 162 valence electrons. The number of nitrogens with one attached hydrogen (secondary N) is 2. The van der Waals surface area contributed by atoms with Gasteiger partial charge in [0.2, 0.25) is 5.91 Å². The van der Waals surface area contributed by atoms with Gasteiger partial charge < -0.3 is 20.3 Å². The van der Waals surface area contributed by atoms with E-state index in [9.17, 15) is 19.2 Å². The molecule has 1 saturated heterocycles. The van der Waals surface area contributed by atoms with Crippen molar-refractivity contribution in [1.82, 2.24) is 5.32 Å². The molecule has 0 radical (unpaired) electrons. The van der Waals surface area contributed by atoms with Crippen LogP contribution in [0.15, 0.2) is 53.4 Å². The van der Waals surface area contributed by atoms with Crippen LogP contribution in [0.4, 0.5) is 11.4 Å². The predicted molar refractivity (Wildman–Crippen MR) is 118 cm³/mol. The minimum absolute atomic E-state index is 0.0703. The molecule has 8 nitrogen and oxygen atoms in total. The number of benzene rings is 2. The van der Waals surface area contributed by atoms with Crippen LogP contribution in [0.25, 0.3) is 0 Å². The summed E-state index contributed by atoms with van der Waals surface area (Å²) in [6.07, 6.45) is 3.32. The summed E-state index contributed by atoms with van der Waals surface area (Å²) in [5, 5.41) is 5.08. The van der Waals surface area contributed by atoms with Crippen molar-refractivity contribution in [3.05, 3.63) is 54.1 Å². The number of esters is 1. The highest BCUT2D eigenvalue weighted by atomic mass is 32.2. The number of ether oxygens (including phenoxy) is 1. The van der Waals surface area contributed by atoms with E-state index in [4.69, 9.17) is 4.74 Å². The van der Waals surface area contributed by atoms with Crippen LogP contribution >= 0.6 is 11.8 Å². The number of carbonyl (C=O) groups is 4. The largest absolute Gasteiger partial charge is 0.454 e. The van der Waals surface area contributed by atoms with Gasteiger partial charge in [-0.05, 0) is 61.2 Å². The van der Waals surface area contributed by atoms with Gasteiger partial charge in [0.05, 0.1) is 0 Å². The van der Waals surface area contributed by atoms with Crippen LogP contribution in [0, 0.1) is 0 Å². The average Bonchev–Trinajstić information content (AvgIpc) is 3.22. The molecule has 1 aliphatic heterocycles. The molecule has 1 heterocycles. The number of nitrogens with zero attached hydrogens (tertiary/aromatic N) is 1. The monoisotopic (exact) mass is 441 g/mol. The second kappa shape index (κ2) is 10.6. The number of anilines is 2. The van der Waals surface area contributed by atoms with Crippen molar-refractivity contribution in [3.63, 3.8) is 0 Å². The molecule has 0 saturated carbocycles. The van der Waals surface area contributed by atoms with Crippen molar-refractivity contribution in [2.75, 3.05) is 36.2 Å². The summed E-state index contributed by atoms with van der Waals surface area (Å²) in [5.41, 5.74) is 1.70. The molecule has 1 aliphatic rings. The predicted octanol–water partition coefficient (Wildman–Crippen LogP) is 2.45. The number of rotatable bonds is 8. The lowest BCUT2D eigenvalue weighted by Crippen LogP contribution is -2.32. The van der Waals surface area contributed by atoms with E-state index in [1.54, 1.807) is 53.1 Å². The highest BCUT2D eigenvalue weighted by Crippen LogP contribution is 2.21. The van der Waals surface area contributed by atoms with Gasteiger partial charge in [0.25, 0.3) is 11.8 Å². The van der Waals surface area contributed by atoms with E-state index in [2.05, 4.69) is 10.6 Å². The average molecular weight is 442 g/mol. The minimum Gasteiger partial charge on any atom is -0.454 e. The van der Waals surface area contributed by atoms with Gasteiger partial charge >= 0.3 is 5.97 Å². The molecule has 0 unspecified atom stereocenters. The molecule has 9 heteroatoms. The zero-order valence-corrected chi connectivity index (χ0v) is 17.9. The summed E-state index contributed by atoms with van der Waals surface area (Å²) < 4.78 is 4.89. The molecule has 0 aliphatic carbocycles. The van der Waals surface area contributed by atoms with Gasteiger partial charge in [-0.15, -0.1) is 11.8 Å². The third-order valence-electron chi connectivity index (χ3n) is 4.65. The Labute approximate surface area is 184 Å². The van der Waals surface area contributed by atoms with E-state index < -0.39 is 24.4 Å². The molecule has 2 N–H and O–H groups in total. The highest BCUT2D eigenvalue weighted by molar-refractivity contribution is 7.98. The Balaban J connectivity index is 1.40. The minimum atomic E-state index is -0.722. The fourth-order valence-electron chi connectivity index (χ4n) is 3.04. The summed E-state index contributed by atoms with van der Waals surface area (Å²) in [4.78, 5) is 50.4. The lowest BCUT2D eigenvalue weighted by Gasteiger charge is -2.15. The van der Waals surface area contributed by atoms with Gasteiger partial charge in [0.15, 0.2) is 6.61 Å². The molecule has 3 rings (SSSR count). The molecule has 3 amide bonds. The molecule has 2 aromatic carbocycles. The van der Waals surface area contributed by atoms with Crippen LogP contribution in [0.1, 0.15) is 23.2 Å². The van der Waals surface area contributed by atoms with Gasteiger partial charge in [0.1, 0.15) is 6.54 Å². The normalized spacial score (nSPS) is 13.1. The Morgan fingerprint density at radius 3 is 2.39 bits per heavy atom. The van der Waals surface area contributed by atoms with E-state index in [-0.39, 0.29) is 12.5 Å².